The molecular weight excluding hydrogens is 268 g/mol. The standard InChI is InChI=1S/C16H18N2O3/c1-12-9-15(7-8-16(12)18(19)20)17-10-13-5-3-4-6-14(13)11-21-2/h3-9,17H,10-11H2,1-2H3. The Morgan fingerprint density at radius 3 is 2.52 bits per heavy atom. The van der Waals surface area contributed by atoms with E-state index in [2.05, 4.69) is 5.32 Å². The van der Waals surface area contributed by atoms with E-state index in [1.54, 1.807) is 26.2 Å². The minimum atomic E-state index is -0.368. The number of hydrogen-bond donors (Lipinski definition) is 1. The summed E-state index contributed by atoms with van der Waals surface area (Å²) in [4.78, 5) is 10.4. The van der Waals surface area contributed by atoms with Gasteiger partial charge in [0.15, 0.2) is 0 Å². The minimum Gasteiger partial charge on any atom is -0.381 e. The molecule has 1 N–H and O–H groups in total. The molecule has 2 rings (SSSR count). The van der Waals surface area contributed by atoms with Gasteiger partial charge in [-0.25, -0.2) is 0 Å². The van der Waals surface area contributed by atoms with Gasteiger partial charge in [-0.2, -0.15) is 0 Å². The highest BCUT2D eigenvalue weighted by Crippen LogP contribution is 2.22. The minimum absolute atomic E-state index is 0.139. The van der Waals surface area contributed by atoms with Gasteiger partial charge in [0.25, 0.3) is 5.69 Å². The molecule has 0 atom stereocenters. The first-order valence-electron chi connectivity index (χ1n) is 6.66. The topological polar surface area (TPSA) is 64.4 Å². The van der Waals surface area contributed by atoms with E-state index in [1.165, 1.54) is 6.07 Å². The molecule has 0 aliphatic heterocycles. The molecule has 0 unspecified atom stereocenters. The fourth-order valence-electron chi connectivity index (χ4n) is 2.19. The summed E-state index contributed by atoms with van der Waals surface area (Å²) in [6, 6.07) is 13.1. The molecular formula is C16H18N2O3. The molecule has 5 nitrogen and oxygen atoms in total. The summed E-state index contributed by atoms with van der Waals surface area (Å²) >= 11 is 0. The Morgan fingerprint density at radius 1 is 1.19 bits per heavy atom. The zero-order valence-electron chi connectivity index (χ0n) is 12.1. The largest absolute Gasteiger partial charge is 0.381 e. The van der Waals surface area contributed by atoms with Gasteiger partial charge in [-0.05, 0) is 30.2 Å². The Labute approximate surface area is 123 Å². The summed E-state index contributed by atoms with van der Waals surface area (Å²) in [6.07, 6.45) is 0. The van der Waals surface area contributed by atoms with Crippen molar-refractivity contribution >= 4 is 11.4 Å². The van der Waals surface area contributed by atoms with Gasteiger partial charge < -0.3 is 10.1 Å². The van der Waals surface area contributed by atoms with E-state index in [4.69, 9.17) is 4.74 Å². The van der Waals surface area contributed by atoms with Crippen LogP contribution in [0.5, 0.6) is 0 Å². The Morgan fingerprint density at radius 2 is 1.90 bits per heavy atom. The maximum Gasteiger partial charge on any atom is 0.272 e. The predicted octanol–water partition coefficient (Wildman–Crippen LogP) is 3.66. The number of aryl methyl sites for hydroxylation is 1. The third-order valence-corrected chi connectivity index (χ3v) is 3.29. The number of nitrogens with one attached hydrogen (secondary N) is 1. The number of nitro groups is 1. The molecule has 0 spiro atoms. The first kappa shape index (κ1) is 15.0. The van der Waals surface area contributed by atoms with Crippen molar-refractivity contribution in [3.8, 4) is 0 Å². The van der Waals surface area contributed by atoms with E-state index in [-0.39, 0.29) is 10.6 Å². The molecule has 0 aromatic heterocycles. The lowest BCUT2D eigenvalue weighted by Crippen LogP contribution is -2.04. The van der Waals surface area contributed by atoms with Crippen LogP contribution in [0.2, 0.25) is 0 Å². The highest BCUT2D eigenvalue weighted by atomic mass is 16.6. The van der Waals surface area contributed by atoms with E-state index in [0.29, 0.717) is 18.7 Å². The molecule has 110 valence electrons. The Hall–Kier alpha value is -2.40. The van der Waals surface area contributed by atoms with Crippen LogP contribution < -0.4 is 5.32 Å². The summed E-state index contributed by atoms with van der Waals surface area (Å²) < 4.78 is 5.18. The molecule has 5 heteroatoms. The van der Waals surface area contributed by atoms with Gasteiger partial charge in [0, 0.05) is 31.0 Å². The van der Waals surface area contributed by atoms with E-state index in [1.807, 2.05) is 24.3 Å². The third kappa shape index (κ3) is 3.79. The van der Waals surface area contributed by atoms with Gasteiger partial charge in [-0.3, -0.25) is 10.1 Å². The lowest BCUT2D eigenvalue weighted by molar-refractivity contribution is -0.385. The molecule has 0 aliphatic carbocycles. The molecule has 2 aromatic carbocycles. The van der Waals surface area contributed by atoms with Crippen LogP contribution in [0.25, 0.3) is 0 Å². The normalized spacial score (nSPS) is 10.4. The van der Waals surface area contributed by atoms with Crippen LogP contribution in [0.1, 0.15) is 16.7 Å². The summed E-state index contributed by atoms with van der Waals surface area (Å²) in [7, 11) is 1.67. The number of hydrogen-bond acceptors (Lipinski definition) is 4. The Balaban J connectivity index is 2.10. The van der Waals surface area contributed by atoms with Crippen molar-refractivity contribution in [2.75, 3.05) is 12.4 Å². The molecule has 0 amide bonds. The van der Waals surface area contributed by atoms with E-state index >= 15 is 0 Å². The number of rotatable bonds is 6. The Bertz CT molecular complexity index is 641. The van der Waals surface area contributed by atoms with Crippen molar-refractivity contribution in [3.05, 3.63) is 69.3 Å². The van der Waals surface area contributed by atoms with Crippen molar-refractivity contribution < 1.29 is 9.66 Å². The SMILES string of the molecule is COCc1ccccc1CNc1ccc([N+](=O)[O-])c(C)c1. The molecule has 0 fully saturated rings. The zero-order valence-corrected chi connectivity index (χ0v) is 12.1. The second-order valence-corrected chi connectivity index (χ2v) is 4.81. The highest BCUT2D eigenvalue weighted by molar-refractivity contribution is 5.53. The number of benzene rings is 2. The van der Waals surface area contributed by atoms with Crippen molar-refractivity contribution in [1.82, 2.24) is 0 Å². The van der Waals surface area contributed by atoms with E-state index in [0.717, 1.165) is 16.8 Å². The van der Waals surface area contributed by atoms with Gasteiger partial charge in [0.05, 0.1) is 11.5 Å². The van der Waals surface area contributed by atoms with Crippen LogP contribution in [0.4, 0.5) is 11.4 Å². The summed E-state index contributed by atoms with van der Waals surface area (Å²) in [5, 5.41) is 14.1. The van der Waals surface area contributed by atoms with E-state index in [9.17, 15) is 10.1 Å². The van der Waals surface area contributed by atoms with Crippen LogP contribution in [0, 0.1) is 17.0 Å². The number of methoxy groups -OCH3 is 1. The molecule has 2 aromatic rings. The molecule has 0 heterocycles. The lowest BCUT2D eigenvalue weighted by atomic mass is 10.1. The van der Waals surface area contributed by atoms with E-state index < -0.39 is 0 Å². The highest BCUT2D eigenvalue weighted by Gasteiger charge is 2.10. The lowest BCUT2D eigenvalue weighted by Gasteiger charge is -2.11. The van der Waals surface area contributed by atoms with Gasteiger partial charge in [0.1, 0.15) is 0 Å². The fraction of sp³-hybridized carbons (Fsp3) is 0.250. The number of nitro benzene ring substituents is 1. The monoisotopic (exact) mass is 286 g/mol. The summed E-state index contributed by atoms with van der Waals surface area (Å²) in [5.74, 6) is 0. The van der Waals surface area contributed by atoms with Crippen molar-refractivity contribution in [2.24, 2.45) is 0 Å². The van der Waals surface area contributed by atoms with Crippen molar-refractivity contribution in [2.45, 2.75) is 20.1 Å². The number of anilines is 1. The first-order valence-corrected chi connectivity index (χ1v) is 6.66. The molecule has 0 bridgehead atoms. The van der Waals surface area contributed by atoms with Crippen LogP contribution in [0.3, 0.4) is 0 Å². The quantitative estimate of drug-likeness (QED) is 0.650. The molecule has 21 heavy (non-hydrogen) atoms. The maximum atomic E-state index is 10.8. The molecule has 0 saturated heterocycles. The fourth-order valence-corrected chi connectivity index (χ4v) is 2.19. The van der Waals surface area contributed by atoms with Gasteiger partial charge >= 0.3 is 0 Å². The van der Waals surface area contributed by atoms with Crippen LogP contribution >= 0.6 is 0 Å². The van der Waals surface area contributed by atoms with Crippen LogP contribution in [-0.4, -0.2) is 12.0 Å². The second-order valence-electron chi connectivity index (χ2n) is 4.81. The summed E-state index contributed by atoms with van der Waals surface area (Å²) in [5.41, 5.74) is 3.93. The number of ether oxygens (including phenoxy) is 1. The zero-order chi connectivity index (χ0) is 15.2. The third-order valence-electron chi connectivity index (χ3n) is 3.29. The average molecular weight is 286 g/mol. The van der Waals surface area contributed by atoms with Crippen LogP contribution in [0.15, 0.2) is 42.5 Å². The van der Waals surface area contributed by atoms with Crippen LogP contribution in [-0.2, 0) is 17.9 Å². The molecule has 0 radical (unpaired) electrons. The predicted molar refractivity (Wildman–Crippen MR) is 82.3 cm³/mol. The first-order chi connectivity index (χ1) is 10.1. The molecule has 0 aliphatic rings. The van der Waals surface area contributed by atoms with Gasteiger partial charge in [0.2, 0.25) is 0 Å². The maximum absolute atomic E-state index is 10.8. The number of nitrogens with zero attached hydrogens (tertiary/aromatic N) is 1. The average Bonchev–Trinajstić information content (AvgIpc) is 2.46. The molecule has 0 saturated carbocycles. The smallest absolute Gasteiger partial charge is 0.272 e. The Kier molecular flexibility index (Phi) is 4.90. The van der Waals surface area contributed by atoms with Crippen molar-refractivity contribution in [1.29, 1.82) is 0 Å². The summed E-state index contributed by atoms with van der Waals surface area (Å²) in [6.45, 7) is 2.95. The van der Waals surface area contributed by atoms with Crippen molar-refractivity contribution in [3.63, 3.8) is 0 Å². The second kappa shape index (κ2) is 6.85. The van der Waals surface area contributed by atoms with Gasteiger partial charge in [-0.15, -0.1) is 0 Å². The van der Waals surface area contributed by atoms with Gasteiger partial charge in [-0.1, -0.05) is 24.3 Å².